The number of carboxylic acid groups (broad SMARTS) is 1. The molecule has 2 aromatic heterocycles. The first-order chi connectivity index (χ1) is 15.1. The first-order valence-electron chi connectivity index (χ1n) is 10.7. The van der Waals surface area contributed by atoms with Gasteiger partial charge in [0.1, 0.15) is 23.1 Å². The second-order valence-corrected chi connectivity index (χ2v) is 10.1. The van der Waals surface area contributed by atoms with Gasteiger partial charge in [0.25, 0.3) is 0 Å². The van der Waals surface area contributed by atoms with Crippen LogP contribution < -0.4 is 10.1 Å². The van der Waals surface area contributed by atoms with E-state index in [-0.39, 0.29) is 13.2 Å². The van der Waals surface area contributed by atoms with Crippen LogP contribution in [0.3, 0.4) is 0 Å². The molecule has 32 heavy (non-hydrogen) atoms. The van der Waals surface area contributed by atoms with Crippen molar-refractivity contribution in [2.75, 3.05) is 13.2 Å². The molecule has 2 N–H and O–H groups in total. The van der Waals surface area contributed by atoms with Crippen LogP contribution in [0.5, 0.6) is 5.75 Å². The van der Waals surface area contributed by atoms with E-state index in [1.165, 1.54) is 11.3 Å². The number of nitrogens with one attached hydrogen (secondary N) is 1. The third kappa shape index (κ3) is 4.48. The number of hydrogen-bond acceptors (Lipinski definition) is 6. The Balaban J connectivity index is 1.57. The summed E-state index contributed by atoms with van der Waals surface area (Å²) in [6.07, 6.45) is 2.13. The van der Waals surface area contributed by atoms with Crippen molar-refractivity contribution in [3.63, 3.8) is 0 Å². The minimum Gasteiger partial charge on any atom is -0.491 e. The van der Waals surface area contributed by atoms with Crippen LogP contribution >= 0.6 is 11.3 Å². The molecular formula is C23H29N5O3S. The van der Waals surface area contributed by atoms with Gasteiger partial charge in [-0.3, -0.25) is 4.68 Å². The van der Waals surface area contributed by atoms with Crippen LogP contribution in [0.4, 0.5) is 4.79 Å². The quantitative estimate of drug-likeness (QED) is 0.535. The SMILES string of the molecule is Cc1cc(-c2nnc(-c3nn(C)c4c3CCC(C)(C)C4)s2)cc(C)c1OCCNC(=O)O. The van der Waals surface area contributed by atoms with Gasteiger partial charge in [0.05, 0.1) is 6.54 Å². The van der Waals surface area contributed by atoms with Crippen molar-refractivity contribution in [2.24, 2.45) is 12.5 Å². The van der Waals surface area contributed by atoms with Crippen LogP contribution in [0.1, 0.15) is 42.7 Å². The Bertz CT molecular complexity index is 1140. The second kappa shape index (κ2) is 8.54. The van der Waals surface area contributed by atoms with E-state index in [0.29, 0.717) is 5.41 Å². The second-order valence-electron chi connectivity index (χ2n) is 9.17. The van der Waals surface area contributed by atoms with Crippen LogP contribution in [-0.2, 0) is 19.9 Å². The minimum absolute atomic E-state index is 0.237. The molecule has 1 aliphatic rings. The number of hydrogen-bond donors (Lipinski definition) is 2. The van der Waals surface area contributed by atoms with Gasteiger partial charge in [0.15, 0.2) is 5.01 Å². The first kappa shape index (κ1) is 22.3. The molecule has 4 rings (SSSR count). The summed E-state index contributed by atoms with van der Waals surface area (Å²) in [5, 5.41) is 26.4. The van der Waals surface area contributed by atoms with Crippen molar-refractivity contribution in [3.8, 4) is 27.0 Å². The van der Waals surface area contributed by atoms with Crippen molar-refractivity contribution in [1.82, 2.24) is 25.3 Å². The predicted molar refractivity (Wildman–Crippen MR) is 124 cm³/mol. The molecule has 2 heterocycles. The summed E-state index contributed by atoms with van der Waals surface area (Å²) in [5.41, 5.74) is 6.81. The molecule has 1 aromatic carbocycles. The summed E-state index contributed by atoms with van der Waals surface area (Å²) in [6.45, 7) is 9.10. The maximum absolute atomic E-state index is 10.6. The van der Waals surface area contributed by atoms with E-state index < -0.39 is 6.09 Å². The zero-order valence-corrected chi connectivity index (χ0v) is 20.0. The summed E-state index contributed by atoms with van der Waals surface area (Å²) in [4.78, 5) is 10.6. The number of benzene rings is 1. The van der Waals surface area contributed by atoms with E-state index in [9.17, 15) is 4.79 Å². The van der Waals surface area contributed by atoms with Gasteiger partial charge in [-0.2, -0.15) is 5.10 Å². The molecule has 1 aliphatic carbocycles. The summed E-state index contributed by atoms with van der Waals surface area (Å²) in [6, 6.07) is 4.07. The molecule has 0 radical (unpaired) electrons. The van der Waals surface area contributed by atoms with Crippen molar-refractivity contribution in [2.45, 2.75) is 47.0 Å². The molecule has 8 nitrogen and oxygen atoms in total. The average Bonchev–Trinajstić information content (AvgIpc) is 3.31. The highest BCUT2D eigenvalue weighted by atomic mass is 32.1. The molecule has 9 heteroatoms. The topological polar surface area (TPSA) is 102 Å². The maximum Gasteiger partial charge on any atom is 0.404 e. The highest BCUT2D eigenvalue weighted by Crippen LogP contribution is 2.40. The number of nitrogens with zero attached hydrogens (tertiary/aromatic N) is 4. The number of carbonyl (C=O) groups is 1. The van der Waals surface area contributed by atoms with Gasteiger partial charge in [-0.15, -0.1) is 10.2 Å². The van der Waals surface area contributed by atoms with Gasteiger partial charge in [-0.05, 0) is 61.8 Å². The molecule has 0 aliphatic heterocycles. The molecule has 170 valence electrons. The Morgan fingerprint density at radius 2 is 1.94 bits per heavy atom. The summed E-state index contributed by atoms with van der Waals surface area (Å²) < 4.78 is 7.80. The Morgan fingerprint density at radius 1 is 1.25 bits per heavy atom. The lowest BCUT2D eigenvalue weighted by molar-refractivity contribution is 0.191. The predicted octanol–water partition coefficient (Wildman–Crippen LogP) is 4.38. The lowest BCUT2D eigenvalue weighted by atomic mass is 9.76. The van der Waals surface area contributed by atoms with Gasteiger partial charge < -0.3 is 15.2 Å². The van der Waals surface area contributed by atoms with Crippen LogP contribution in [0.25, 0.3) is 21.3 Å². The summed E-state index contributed by atoms with van der Waals surface area (Å²) in [5.74, 6) is 0.770. The van der Waals surface area contributed by atoms with Gasteiger partial charge in [-0.25, -0.2) is 4.79 Å². The van der Waals surface area contributed by atoms with Crippen molar-refractivity contribution < 1.29 is 14.6 Å². The monoisotopic (exact) mass is 455 g/mol. The normalized spacial score (nSPS) is 14.8. The van der Waals surface area contributed by atoms with Crippen LogP contribution in [0.15, 0.2) is 12.1 Å². The van der Waals surface area contributed by atoms with E-state index in [4.69, 9.17) is 14.9 Å². The Kier molecular flexibility index (Phi) is 5.94. The fraction of sp³-hybridized carbons (Fsp3) is 0.478. The van der Waals surface area contributed by atoms with Gasteiger partial charge in [0, 0.05) is 23.9 Å². The van der Waals surface area contributed by atoms with E-state index in [1.807, 2.05) is 37.7 Å². The van der Waals surface area contributed by atoms with E-state index >= 15 is 0 Å². The van der Waals surface area contributed by atoms with Crippen LogP contribution in [0.2, 0.25) is 0 Å². The first-order valence-corrected chi connectivity index (χ1v) is 11.6. The van der Waals surface area contributed by atoms with Gasteiger partial charge in [0.2, 0.25) is 0 Å². The summed E-state index contributed by atoms with van der Waals surface area (Å²) >= 11 is 1.56. The zero-order valence-electron chi connectivity index (χ0n) is 19.2. The number of fused-ring (bicyclic) bond motifs is 1. The van der Waals surface area contributed by atoms with Gasteiger partial charge in [-0.1, -0.05) is 25.2 Å². The van der Waals surface area contributed by atoms with E-state index in [0.717, 1.165) is 57.4 Å². The van der Waals surface area contributed by atoms with Crippen LogP contribution in [0, 0.1) is 19.3 Å². The largest absolute Gasteiger partial charge is 0.491 e. The Labute approximate surface area is 191 Å². The number of aromatic nitrogens is 4. The zero-order chi connectivity index (χ0) is 23.0. The molecule has 1 amide bonds. The van der Waals surface area contributed by atoms with Crippen molar-refractivity contribution in [1.29, 1.82) is 0 Å². The highest BCUT2D eigenvalue weighted by Gasteiger charge is 2.31. The number of amides is 1. The lowest BCUT2D eigenvalue weighted by Gasteiger charge is -2.29. The Morgan fingerprint density at radius 3 is 2.62 bits per heavy atom. The molecule has 0 spiro atoms. The maximum atomic E-state index is 10.6. The molecule has 0 saturated carbocycles. The molecule has 3 aromatic rings. The minimum atomic E-state index is -1.05. The Hall–Kier alpha value is -2.94. The van der Waals surface area contributed by atoms with E-state index in [2.05, 4.69) is 29.4 Å². The summed E-state index contributed by atoms with van der Waals surface area (Å²) in [7, 11) is 2.02. The van der Waals surface area contributed by atoms with E-state index in [1.54, 1.807) is 11.3 Å². The van der Waals surface area contributed by atoms with Crippen LogP contribution in [-0.4, -0.2) is 44.3 Å². The third-order valence-electron chi connectivity index (χ3n) is 5.93. The fourth-order valence-electron chi connectivity index (χ4n) is 4.31. The lowest BCUT2D eigenvalue weighted by Crippen LogP contribution is -2.26. The highest BCUT2D eigenvalue weighted by molar-refractivity contribution is 7.17. The molecule has 0 saturated heterocycles. The van der Waals surface area contributed by atoms with Crippen molar-refractivity contribution >= 4 is 17.4 Å². The molecule has 0 unspecified atom stereocenters. The number of rotatable bonds is 6. The smallest absolute Gasteiger partial charge is 0.404 e. The third-order valence-corrected chi connectivity index (χ3v) is 6.91. The average molecular weight is 456 g/mol. The molecule has 0 fully saturated rings. The van der Waals surface area contributed by atoms with Crippen molar-refractivity contribution in [3.05, 3.63) is 34.5 Å². The fourth-order valence-corrected chi connectivity index (χ4v) is 5.15. The number of ether oxygens (including phenoxy) is 1. The standard InChI is InChI=1S/C23H29N5O3S/c1-13-10-15(11-14(2)19(13)31-9-8-24-22(29)30)20-25-26-21(32-20)18-16-6-7-23(3,4)12-17(16)28(5)27-18/h10-11,24H,6-9,12H2,1-5H3,(H,29,30). The van der Waals surface area contributed by atoms with Gasteiger partial charge >= 0.3 is 6.09 Å². The number of aryl methyl sites for hydroxylation is 3. The molecular weight excluding hydrogens is 426 g/mol. The molecule has 0 atom stereocenters. The molecule has 0 bridgehead atoms.